The van der Waals surface area contributed by atoms with Crippen molar-refractivity contribution in [2.75, 3.05) is 26.8 Å². The van der Waals surface area contributed by atoms with E-state index < -0.39 is 6.04 Å². The van der Waals surface area contributed by atoms with E-state index in [2.05, 4.69) is 51.8 Å². The number of ether oxygens (including phenoxy) is 2. The number of methoxy groups -OCH3 is 1. The molecule has 3 aromatic rings. The molecule has 1 amide bonds. The van der Waals surface area contributed by atoms with Gasteiger partial charge < -0.3 is 14.4 Å². The summed E-state index contributed by atoms with van der Waals surface area (Å²) < 4.78 is 15.5. The third kappa shape index (κ3) is 5.87. The first-order valence-corrected chi connectivity index (χ1v) is 15.4. The predicted octanol–water partition coefficient (Wildman–Crippen LogP) is 4.89. The van der Waals surface area contributed by atoms with Crippen LogP contribution in [0.4, 0.5) is 0 Å². The lowest BCUT2D eigenvalue weighted by molar-refractivity contribution is -0.127. The normalized spacial score (nSPS) is 15.0. The second kappa shape index (κ2) is 12.8. The van der Waals surface area contributed by atoms with E-state index in [9.17, 15) is 9.59 Å². The van der Waals surface area contributed by atoms with Crippen LogP contribution in [-0.4, -0.2) is 42.2 Å². The van der Waals surface area contributed by atoms with Crippen molar-refractivity contribution in [3.63, 3.8) is 0 Å². The topological polar surface area (TPSA) is 73.1 Å². The van der Waals surface area contributed by atoms with Gasteiger partial charge in [-0.25, -0.2) is 4.99 Å². The maximum Gasteiger partial charge on any atom is 0.271 e. The van der Waals surface area contributed by atoms with E-state index in [1.807, 2.05) is 63.2 Å². The van der Waals surface area contributed by atoms with Crippen molar-refractivity contribution < 1.29 is 14.3 Å². The lowest BCUT2D eigenvalue weighted by Crippen LogP contribution is -2.43. The van der Waals surface area contributed by atoms with Crippen molar-refractivity contribution in [2.45, 2.75) is 26.8 Å². The van der Waals surface area contributed by atoms with Crippen molar-refractivity contribution >= 4 is 68.5 Å². The third-order valence-corrected chi connectivity index (χ3v) is 8.99. The van der Waals surface area contributed by atoms with Crippen LogP contribution in [0.5, 0.6) is 11.5 Å². The molecule has 1 aliphatic rings. The van der Waals surface area contributed by atoms with Crippen LogP contribution in [0.25, 0.3) is 6.08 Å². The smallest absolute Gasteiger partial charge is 0.271 e. The summed E-state index contributed by atoms with van der Waals surface area (Å²) in [5.74, 6) is 1.27. The van der Waals surface area contributed by atoms with Crippen molar-refractivity contribution in [3.8, 4) is 11.5 Å². The second-order valence-corrected chi connectivity index (χ2v) is 12.0. The maximum atomic E-state index is 14.0. The predicted molar refractivity (Wildman–Crippen MR) is 172 cm³/mol. The van der Waals surface area contributed by atoms with Gasteiger partial charge >= 0.3 is 0 Å². The van der Waals surface area contributed by atoms with E-state index >= 15 is 0 Å². The van der Waals surface area contributed by atoms with Crippen LogP contribution in [-0.2, 0) is 4.79 Å². The number of benzene rings is 2. The summed E-state index contributed by atoms with van der Waals surface area (Å²) in [4.78, 5) is 34.9. The van der Waals surface area contributed by atoms with Crippen LogP contribution in [0, 0.1) is 7.14 Å². The third-order valence-electron chi connectivity index (χ3n) is 6.40. The molecule has 2 heterocycles. The summed E-state index contributed by atoms with van der Waals surface area (Å²) in [5.41, 5.74) is 2.50. The molecule has 7 nitrogen and oxygen atoms in total. The zero-order chi connectivity index (χ0) is 28.3. The highest BCUT2D eigenvalue weighted by Gasteiger charge is 2.35. The fourth-order valence-electron chi connectivity index (χ4n) is 4.56. The molecule has 204 valence electrons. The Balaban J connectivity index is 1.94. The number of fused-ring (bicyclic) bond motifs is 1. The number of carbonyl (C=O) groups is 1. The Morgan fingerprint density at radius 1 is 1.21 bits per heavy atom. The molecule has 1 atom stereocenters. The van der Waals surface area contributed by atoms with Crippen LogP contribution in [0.15, 0.2) is 70.1 Å². The highest BCUT2D eigenvalue weighted by molar-refractivity contribution is 14.1. The summed E-state index contributed by atoms with van der Waals surface area (Å²) in [6.07, 6.45) is 3.58. The van der Waals surface area contributed by atoms with Crippen molar-refractivity contribution in [2.24, 2.45) is 4.99 Å². The van der Waals surface area contributed by atoms with E-state index in [4.69, 9.17) is 14.5 Å². The van der Waals surface area contributed by atoms with Gasteiger partial charge in [0, 0.05) is 18.7 Å². The molecule has 0 saturated heterocycles. The first-order chi connectivity index (χ1) is 18.7. The Hall–Kier alpha value is -2.45. The van der Waals surface area contributed by atoms with Crippen LogP contribution in [0.1, 0.15) is 37.9 Å². The molecule has 2 aromatic carbocycles. The number of hydrogen-bond donors (Lipinski definition) is 0. The quantitative estimate of drug-likeness (QED) is 0.230. The number of aromatic nitrogens is 1. The SMILES string of the molecule is C=CCOc1c(I)cc(/C=c2/sc3n(c2=O)[C@@H](c2ccccc2OC)C(C(=O)N(CC)CC)=C(C)N=3)cc1I. The van der Waals surface area contributed by atoms with E-state index in [1.165, 1.54) is 11.3 Å². The molecule has 39 heavy (non-hydrogen) atoms. The second-order valence-electron chi connectivity index (χ2n) is 8.71. The number of halogens is 2. The van der Waals surface area contributed by atoms with Gasteiger partial charge in [-0.15, -0.1) is 0 Å². The molecule has 0 bridgehead atoms. The molecule has 10 heteroatoms. The highest BCUT2D eigenvalue weighted by atomic mass is 127. The standard InChI is InChI=1S/C29H29I2N3O4S/c1-6-13-38-26-20(30)14-18(15-21(26)31)16-23-27(35)34-25(19-11-9-10-12-22(19)37-5)24(17(4)32-29(34)39-23)28(36)33(7-2)8-3/h6,9-12,14-16,25H,1,7-8,13H2,2-5H3/b23-16+/t25-/m0/s1. The minimum absolute atomic E-state index is 0.134. The average molecular weight is 769 g/mol. The Bertz CT molecular complexity index is 1610. The van der Waals surface area contributed by atoms with Gasteiger partial charge in [0.15, 0.2) is 4.80 Å². The minimum Gasteiger partial charge on any atom is -0.496 e. The molecule has 0 radical (unpaired) electrons. The monoisotopic (exact) mass is 769 g/mol. The Labute approximate surface area is 258 Å². The largest absolute Gasteiger partial charge is 0.496 e. The molecule has 0 aliphatic carbocycles. The number of rotatable bonds is 9. The van der Waals surface area contributed by atoms with Gasteiger partial charge in [-0.2, -0.15) is 0 Å². The molecule has 1 aliphatic heterocycles. The zero-order valence-electron chi connectivity index (χ0n) is 22.2. The number of likely N-dealkylation sites (N-methyl/N-ethyl adjacent to an activating group) is 1. The fourth-order valence-corrected chi connectivity index (χ4v) is 7.73. The average Bonchev–Trinajstić information content (AvgIpc) is 3.22. The van der Waals surface area contributed by atoms with Gasteiger partial charge in [-0.05, 0) is 95.8 Å². The summed E-state index contributed by atoms with van der Waals surface area (Å²) in [6, 6.07) is 10.8. The lowest BCUT2D eigenvalue weighted by atomic mass is 9.94. The number of thiazole rings is 1. The van der Waals surface area contributed by atoms with Gasteiger partial charge in [-0.3, -0.25) is 14.2 Å². The zero-order valence-corrected chi connectivity index (χ0v) is 27.3. The summed E-state index contributed by atoms with van der Waals surface area (Å²) in [7, 11) is 1.59. The Morgan fingerprint density at radius 2 is 1.87 bits per heavy atom. The van der Waals surface area contributed by atoms with Crippen LogP contribution < -0.4 is 24.4 Å². The highest BCUT2D eigenvalue weighted by Crippen LogP contribution is 2.36. The van der Waals surface area contributed by atoms with Crippen molar-refractivity contribution in [1.82, 2.24) is 9.47 Å². The van der Waals surface area contributed by atoms with E-state index in [-0.39, 0.29) is 11.5 Å². The molecule has 4 rings (SSSR count). The maximum absolute atomic E-state index is 14.0. The van der Waals surface area contributed by atoms with Gasteiger partial charge in [0.05, 0.1) is 30.1 Å². The van der Waals surface area contributed by atoms with Crippen molar-refractivity contribution in [3.05, 3.63) is 98.3 Å². The number of hydrogen-bond acceptors (Lipinski definition) is 6. The van der Waals surface area contributed by atoms with E-state index in [0.29, 0.717) is 46.0 Å². The molecule has 0 saturated carbocycles. The summed E-state index contributed by atoms with van der Waals surface area (Å²) in [6.45, 7) is 11.0. The molecule has 1 aromatic heterocycles. The molecule has 0 fully saturated rings. The number of para-hydroxylation sites is 1. The Morgan fingerprint density at radius 3 is 2.49 bits per heavy atom. The van der Waals surface area contributed by atoms with Gasteiger partial charge in [0.1, 0.15) is 24.1 Å². The first-order valence-electron chi connectivity index (χ1n) is 12.4. The van der Waals surface area contributed by atoms with E-state index in [0.717, 1.165) is 24.0 Å². The first kappa shape index (κ1) is 29.5. The minimum atomic E-state index is -0.664. The van der Waals surface area contributed by atoms with Gasteiger partial charge in [0.25, 0.3) is 11.5 Å². The molecule has 0 N–H and O–H groups in total. The van der Waals surface area contributed by atoms with Gasteiger partial charge in [-0.1, -0.05) is 42.2 Å². The molecular weight excluding hydrogens is 740 g/mol. The molecule has 0 spiro atoms. The summed E-state index contributed by atoms with van der Waals surface area (Å²) in [5, 5.41) is 0. The van der Waals surface area contributed by atoms with Gasteiger partial charge in [0.2, 0.25) is 0 Å². The number of carbonyl (C=O) groups excluding carboxylic acids is 1. The number of allylic oxidation sites excluding steroid dienone is 1. The van der Waals surface area contributed by atoms with Crippen LogP contribution in [0.2, 0.25) is 0 Å². The van der Waals surface area contributed by atoms with Crippen molar-refractivity contribution in [1.29, 1.82) is 0 Å². The lowest BCUT2D eigenvalue weighted by Gasteiger charge is -2.29. The van der Waals surface area contributed by atoms with Crippen LogP contribution in [0.3, 0.4) is 0 Å². The summed E-state index contributed by atoms with van der Waals surface area (Å²) >= 11 is 5.79. The number of nitrogens with zero attached hydrogens (tertiary/aromatic N) is 3. The van der Waals surface area contributed by atoms with E-state index in [1.54, 1.807) is 22.7 Å². The number of amides is 1. The Kier molecular flexibility index (Phi) is 9.70. The molecular formula is C29H29I2N3O4S. The van der Waals surface area contributed by atoms with Crippen LogP contribution >= 0.6 is 56.5 Å². The molecule has 0 unspecified atom stereocenters. The fraction of sp³-hybridized carbons (Fsp3) is 0.276.